The van der Waals surface area contributed by atoms with Gasteiger partial charge in [0, 0.05) is 28.6 Å². The molecule has 5 heteroatoms. The van der Waals surface area contributed by atoms with Crippen molar-refractivity contribution in [2.45, 2.75) is 47.0 Å². The van der Waals surface area contributed by atoms with Gasteiger partial charge in [-0.2, -0.15) is 0 Å². The zero-order valence-corrected chi connectivity index (χ0v) is 16.7. The highest BCUT2D eigenvalue weighted by atomic mass is 127. The Labute approximate surface area is 143 Å². The molecule has 0 aliphatic carbocycles. The van der Waals surface area contributed by atoms with Crippen molar-refractivity contribution in [2.24, 2.45) is 0 Å². The average Bonchev–Trinajstić information content (AvgIpc) is 2.47. The van der Waals surface area contributed by atoms with Crippen LogP contribution in [0.5, 0.6) is 0 Å². The van der Waals surface area contributed by atoms with Crippen LogP contribution in [-0.4, -0.2) is 28.6 Å². The van der Waals surface area contributed by atoms with Crippen LogP contribution in [0, 0.1) is 10.5 Å². The van der Waals surface area contributed by atoms with Gasteiger partial charge in [-0.3, -0.25) is 0 Å². The molecule has 1 aromatic rings. The van der Waals surface area contributed by atoms with E-state index < -0.39 is 8.80 Å². The molecule has 0 radical (unpaired) electrons. The third-order valence-electron chi connectivity index (χ3n) is 2.94. The zero-order valence-electron chi connectivity index (χ0n) is 13.6. The maximum absolute atomic E-state index is 6.18. The first-order valence-corrected chi connectivity index (χ1v) is 10.6. The highest BCUT2D eigenvalue weighted by Crippen LogP contribution is 2.17. The zero-order chi connectivity index (χ0) is 15.7. The first-order chi connectivity index (χ1) is 10.1. The number of aryl methyl sites for hydroxylation is 1. The van der Waals surface area contributed by atoms with Crippen molar-refractivity contribution in [1.82, 2.24) is 0 Å². The van der Waals surface area contributed by atoms with Crippen LogP contribution in [0.15, 0.2) is 18.2 Å². The van der Waals surface area contributed by atoms with Gasteiger partial charge < -0.3 is 13.3 Å². The molecule has 0 fully saturated rings. The predicted molar refractivity (Wildman–Crippen MR) is 98.0 cm³/mol. The normalized spacial score (nSPS) is 11.9. The lowest BCUT2D eigenvalue weighted by atomic mass is 10.2. The van der Waals surface area contributed by atoms with Crippen molar-refractivity contribution in [2.75, 3.05) is 19.8 Å². The smallest absolute Gasteiger partial charge is 0.370 e. The molecule has 3 nitrogen and oxygen atoms in total. The van der Waals surface area contributed by atoms with Gasteiger partial charge in [0.05, 0.1) is 0 Å². The van der Waals surface area contributed by atoms with Crippen LogP contribution in [0.3, 0.4) is 0 Å². The van der Waals surface area contributed by atoms with Gasteiger partial charge in [-0.05, 0) is 54.8 Å². The third kappa shape index (κ3) is 5.63. The summed E-state index contributed by atoms with van der Waals surface area (Å²) in [5.74, 6) is 0. The Balaban J connectivity index is 3.15. The van der Waals surface area contributed by atoms with Crippen LogP contribution in [0.1, 0.15) is 45.6 Å². The number of benzene rings is 1. The molecule has 0 N–H and O–H groups in total. The SMILES string of the molecule is CCCO[Si](OCCC)(OCCC)c1ccc(C)cc1I. The van der Waals surface area contributed by atoms with E-state index in [0.717, 1.165) is 24.4 Å². The van der Waals surface area contributed by atoms with Gasteiger partial charge in [-0.15, -0.1) is 0 Å². The van der Waals surface area contributed by atoms with Crippen molar-refractivity contribution in [3.63, 3.8) is 0 Å². The molecule has 0 amide bonds. The molecular weight excluding hydrogens is 395 g/mol. The van der Waals surface area contributed by atoms with Gasteiger partial charge in [-0.1, -0.05) is 38.5 Å². The van der Waals surface area contributed by atoms with E-state index in [1.165, 1.54) is 9.13 Å². The molecule has 0 saturated heterocycles. The molecule has 1 rings (SSSR count). The Bertz CT molecular complexity index is 404. The Hall–Kier alpha value is 0.0469. The van der Waals surface area contributed by atoms with Crippen molar-refractivity contribution in [1.29, 1.82) is 0 Å². The van der Waals surface area contributed by atoms with E-state index in [1.54, 1.807) is 0 Å². The van der Waals surface area contributed by atoms with Gasteiger partial charge in [-0.25, -0.2) is 0 Å². The van der Waals surface area contributed by atoms with Crippen LogP contribution in [-0.2, 0) is 13.3 Å². The standard InChI is InChI=1S/C16H27IO3Si/c1-5-10-18-21(19-11-6-2,20-12-7-3)16-9-8-14(4)13-15(16)17/h8-9,13H,5-7,10-12H2,1-4H3. The molecule has 1 aromatic carbocycles. The number of hydrogen-bond acceptors (Lipinski definition) is 3. The largest absolute Gasteiger partial charge is 0.538 e. The summed E-state index contributed by atoms with van der Waals surface area (Å²) in [5.41, 5.74) is 1.24. The van der Waals surface area contributed by atoms with E-state index in [-0.39, 0.29) is 0 Å². The minimum Gasteiger partial charge on any atom is -0.370 e. The number of halogens is 1. The van der Waals surface area contributed by atoms with Crippen molar-refractivity contribution >= 4 is 36.6 Å². The lowest BCUT2D eigenvalue weighted by Crippen LogP contribution is -2.58. The summed E-state index contributed by atoms with van der Waals surface area (Å²) in [6.07, 6.45) is 2.88. The molecule has 0 unspecified atom stereocenters. The summed E-state index contributed by atoms with van der Waals surface area (Å²) >= 11 is 2.36. The summed E-state index contributed by atoms with van der Waals surface area (Å²) in [6.45, 7) is 10.4. The first kappa shape index (κ1) is 19.1. The Kier molecular flexibility index (Phi) is 9.04. The Morgan fingerprint density at radius 2 is 1.38 bits per heavy atom. The first-order valence-electron chi connectivity index (χ1n) is 7.78. The lowest BCUT2D eigenvalue weighted by molar-refractivity contribution is 0.0730. The summed E-state index contributed by atoms with van der Waals surface area (Å²) in [5, 5.41) is 1.10. The van der Waals surface area contributed by atoms with E-state index in [0.29, 0.717) is 19.8 Å². The van der Waals surface area contributed by atoms with Crippen molar-refractivity contribution in [3.05, 3.63) is 27.3 Å². The Morgan fingerprint density at radius 3 is 1.76 bits per heavy atom. The van der Waals surface area contributed by atoms with E-state index in [1.807, 2.05) is 0 Å². The average molecular weight is 422 g/mol. The minimum absolute atomic E-state index is 0.670. The molecule has 0 bridgehead atoms. The monoisotopic (exact) mass is 422 g/mol. The lowest BCUT2D eigenvalue weighted by Gasteiger charge is -2.30. The number of rotatable bonds is 10. The predicted octanol–water partition coefficient (Wildman–Crippen LogP) is 4.03. The van der Waals surface area contributed by atoms with E-state index in [2.05, 4.69) is 68.5 Å². The molecule has 0 atom stereocenters. The van der Waals surface area contributed by atoms with Crippen LogP contribution < -0.4 is 5.19 Å². The highest BCUT2D eigenvalue weighted by Gasteiger charge is 2.45. The summed E-state index contributed by atoms with van der Waals surface area (Å²) in [4.78, 5) is 0. The van der Waals surface area contributed by atoms with Crippen LogP contribution in [0.2, 0.25) is 0 Å². The molecule has 0 aliphatic rings. The van der Waals surface area contributed by atoms with Crippen LogP contribution in [0.4, 0.5) is 0 Å². The Morgan fingerprint density at radius 1 is 0.905 bits per heavy atom. The number of hydrogen-bond donors (Lipinski definition) is 0. The second-order valence-electron chi connectivity index (χ2n) is 5.08. The molecule has 0 saturated carbocycles. The molecular formula is C16H27IO3Si. The van der Waals surface area contributed by atoms with E-state index >= 15 is 0 Å². The molecule has 0 aromatic heterocycles. The van der Waals surface area contributed by atoms with Crippen LogP contribution >= 0.6 is 22.6 Å². The molecule has 0 spiro atoms. The summed E-state index contributed by atoms with van der Waals surface area (Å²) in [7, 11) is -2.81. The van der Waals surface area contributed by atoms with Crippen LogP contribution in [0.25, 0.3) is 0 Å². The fourth-order valence-electron chi connectivity index (χ4n) is 1.94. The minimum atomic E-state index is -2.81. The molecule has 120 valence electrons. The fourth-order valence-corrected chi connectivity index (χ4v) is 6.39. The highest BCUT2D eigenvalue weighted by molar-refractivity contribution is 14.1. The van der Waals surface area contributed by atoms with Gasteiger partial charge >= 0.3 is 8.80 Å². The maximum Gasteiger partial charge on any atom is 0.538 e. The van der Waals surface area contributed by atoms with Gasteiger partial charge in [0.25, 0.3) is 0 Å². The molecule has 21 heavy (non-hydrogen) atoms. The van der Waals surface area contributed by atoms with E-state index in [4.69, 9.17) is 13.3 Å². The summed E-state index contributed by atoms with van der Waals surface area (Å²) < 4.78 is 19.7. The fraction of sp³-hybridized carbons (Fsp3) is 0.625. The van der Waals surface area contributed by atoms with Gasteiger partial charge in [0.1, 0.15) is 0 Å². The second kappa shape index (κ2) is 9.94. The van der Waals surface area contributed by atoms with Gasteiger partial charge in [0.2, 0.25) is 0 Å². The third-order valence-corrected chi connectivity index (χ3v) is 7.19. The molecule has 0 heterocycles. The molecule has 0 aliphatic heterocycles. The van der Waals surface area contributed by atoms with Gasteiger partial charge in [0.15, 0.2) is 0 Å². The van der Waals surface area contributed by atoms with E-state index in [9.17, 15) is 0 Å². The topological polar surface area (TPSA) is 27.7 Å². The second-order valence-corrected chi connectivity index (χ2v) is 8.76. The van der Waals surface area contributed by atoms with Crippen molar-refractivity contribution in [3.8, 4) is 0 Å². The summed E-state index contributed by atoms with van der Waals surface area (Å²) in [6, 6.07) is 6.39. The maximum atomic E-state index is 6.18. The van der Waals surface area contributed by atoms with Crippen molar-refractivity contribution < 1.29 is 13.3 Å². The quantitative estimate of drug-likeness (QED) is 0.421.